The first-order valence-corrected chi connectivity index (χ1v) is 3.20. The normalized spacial score (nSPS) is 27.2. The van der Waals surface area contributed by atoms with Crippen LogP contribution in [0.3, 0.4) is 0 Å². The second-order valence-corrected chi connectivity index (χ2v) is 2.39. The maximum absolute atomic E-state index is 11.8. The van der Waals surface area contributed by atoms with Gasteiger partial charge in [-0.2, -0.15) is 13.2 Å². The Kier molecular flexibility index (Phi) is 2.17. The number of carbonyl (C=O) groups is 1. The number of halogens is 3. The summed E-state index contributed by atoms with van der Waals surface area (Å²) in [5.74, 6) is -0.376. The van der Waals surface area contributed by atoms with E-state index in [1.807, 2.05) is 0 Å². The lowest BCUT2D eigenvalue weighted by molar-refractivity contribution is -0.227. The van der Waals surface area contributed by atoms with E-state index in [1.165, 1.54) is 0 Å². The van der Waals surface area contributed by atoms with Crippen molar-refractivity contribution in [1.29, 1.82) is 0 Å². The van der Waals surface area contributed by atoms with Crippen molar-refractivity contribution < 1.29 is 22.7 Å². The first kappa shape index (κ1) is 8.52. The number of hydrogen-bond donors (Lipinski definition) is 0. The minimum Gasteiger partial charge on any atom is -0.368 e. The molecule has 1 rings (SSSR count). The molecule has 0 spiro atoms. The summed E-state index contributed by atoms with van der Waals surface area (Å²) in [6.45, 7) is -0.108. The molecule has 1 aliphatic heterocycles. The second-order valence-electron chi connectivity index (χ2n) is 2.39. The van der Waals surface area contributed by atoms with Crippen LogP contribution in [0, 0.1) is 0 Å². The van der Waals surface area contributed by atoms with E-state index in [4.69, 9.17) is 0 Å². The van der Waals surface area contributed by atoms with Crippen molar-refractivity contribution in [3.8, 4) is 0 Å². The molecule has 1 aliphatic rings. The fraction of sp³-hybridized carbons (Fsp3) is 0.833. The molecule has 0 aromatic heterocycles. The maximum Gasteiger partial charge on any atom is 0.415 e. The van der Waals surface area contributed by atoms with Crippen LogP contribution in [0.2, 0.25) is 0 Å². The Morgan fingerprint density at radius 1 is 1.45 bits per heavy atom. The monoisotopic (exact) mass is 168 g/mol. The number of alkyl halides is 3. The first-order chi connectivity index (χ1) is 5.00. The van der Waals surface area contributed by atoms with Crippen LogP contribution in [0.4, 0.5) is 13.2 Å². The largest absolute Gasteiger partial charge is 0.415 e. The summed E-state index contributed by atoms with van der Waals surface area (Å²) in [6.07, 6.45) is -6.68. The van der Waals surface area contributed by atoms with E-state index in [0.29, 0.717) is 0 Å². The van der Waals surface area contributed by atoms with Crippen LogP contribution in [0.5, 0.6) is 0 Å². The Morgan fingerprint density at radius 2 is 2.09 bits per heavy atom. The predicted molar refractivity (Wildman–Crippen MR) is 30.0 cm³/mol. The van der Waals surface area contributed by atoms with Gasteiger partial charge in [0, 0.05) is 12.8 Å². The molecule has 1 unspecified atom stereocenters. The number of rotatable bonds is 0. The zero-order valence-corrected chi connectivity index (χ0v) is 5.65. The lowest BCUT2D eigenvalue weighted by atomic mass is 10.1. The van der Waals surface area contributed by atoms with Crippen LogP contribution in [-0.4, -0.2) is 24.7 Å². The number of ether oxygens (including phenoxy) is 1. The van der Waals surface area contributed by atoms with E-state index in [2.05, 4.69) is 4.74 Å². The minimum absolute atomic E-state index is 0.104. The molecule has 0 bridgehead atoms. The fourth-order valence-electron chi connectivity index (χ4n) is 0.893. The Morgan fingerprint density at radius 3 is 2.45 bits per heavy atom. The number of carbonyl (C=O) groups excluding carboxylic acids is 1. The maximum atomic E-state index is 11.8. The summed E-state index contributed by atoms with van der Waals surface area (Å²) in [5, 5.41) is 0. The van der Waals surface area contributed by atoms with Crippen molar-refractivity contribution in [2.45, 2.75) is 25.1 Å². The summed E-state index contributed by atoms with van der Waals surface area (Å²) < 4.78 is 39.9. The van der Waals surface area contributed by atoms with Crippen LogP contribution in [0.15, 0.2) is 0 Å². The summed E-state index contributed by atoms with van der Waals surface area (Å²) in [4.78, 5) is 10.5. The van der Waals surface area contributed by atoms with Gasteiger partial charge in [-0.25, -0.2) is 0 Å². The van der Waals surface area contributed by atoms with Crippen LogP contribution in [0.25, 0.3) is 0 Å². The Bertz CT molecular complexity index is 164. The third-order valence-corrected chi connectivity index (χ3v) is 1.48. The van der Waals surface area contributed by atoms with Crippen LogP contribution < -0.4 is 0 Å². The summed E-state index contributed by atoms with van der Waals surface area (Å²) in [7, 11) is 0. The van der Waals surface area contributed by atoms with E-state index < -0.39 is 18.7 Å². The molecular weight excluding hydrogens is 161 g/mol. The van der Waals surface area contributed by atoms with E-state index in [0.717, 1.165) is 0 Å². The number of Topliss-reactive ketones (excluding diaryl/α,β-unsaturated/α-hetero) is 1. The van der Waals surface area contributed by atoms with Crippen molar-refractivity contribution in [1.82, 2.24) is 0 Å². The van der Waals surface area contributed by atoms with Crippen molar-refractivity contribution in [2.75, 3.05) is 6.61 Å². The Balaban J connectivity index is 2.53. The van der Waals surface area contributed by atoms with Gasteiger partial charge in [-0.3, -0.25) is 4.79 Å². The molecule has 1 heterocycles. The highest BCUT2D eigenvalue weighted by atomic mass is 19.4. The minimum atomic E-state index is -4.39. The number of hydrogen-bond acceptors (Lipinski definition) is 2. The average molecular weight is 168 g/mol. The zero-order valence-electron chi connectivity index (χ0n) is 5.65. The first-order valence-electron chi connectivity index (χ1n) is 3.20. The highest BCUT2D eigenvalue weighted by molar-refractivity contribution is 5.79. The van der Waals surface area contributed by atoms with E-state index >= 15 is 0 Å². The summed E-state index contributed by atoms with van der Waals surface area (Å²) in [6, 6.07) is 0. The van der Waals surface area contributed by atoms with Crippen LogP contribution in [-0.2, 0) is 9.53 Å². The lowest BCUT2D eigenvalue weighted by Gasteiger charge is -2.23. The molecule has 1 saturated heterocycles. The molecule has 1 fully saturated rings. The predicted octanol–water partition coefficient (Wildman–Crippen LogP) is 1.30. The standard InChI is InChI=1S/C6H7F3O2/c7-6(8,9)5-3-4(10)1-2-11-5/h5H,1-3H2. The molecule has 0 aromatic rings. The van der Waals surface area contributed by atoms with Gasteiger partial charge in [0.05, 0.1) is 6.61 Å². The topological polar surface area (TPSA) is 26.3 Å². The van der Waals surface area contributed by atoms with Gasteiger partial charge >= 0.3 is 6.18 Å². The highest BCUT2D eigenvalue weighted by Crippen LogP contribution is 2.27. The van der Waals surface area contributed by atoms with Crippen molar-refractivity contribution >= 4 is 5.78 Å². The third-order valence-electron chi connectivity index (χ3n) is 1.48. The molecule has 0 N–H and O–H groups in total. The van der Waals surface area contributed by atoms with Crippen LogP contribution >= 0.6 is 0 Å². The van der Waals surface area contributed by atoms with E-state index in [-0.39, 0.29) is 18.8 Å². The second kappa shape index (κ2) is 2.81. The molecule has 0 amide bonds. The van der Waals surface area contributed by atoms with Gasteiger partial charge in [0.1, 0.15) is 5.78 Å². The van der Waals surface area contributed by atoms with Gasteiger partial charge in [0.15, 0.2) is 6.10 Å². The zero-order chi connectivity index (χ0) is 8.48. The molecule has 0 radical (unpaired) electrons. The molecule has 0 aromatic carbocycles. The van der Waals surface area contributed by atoms with Crippen molar-refractivity contribution in [3.63, 3.8) is 0 Å². The summed E-state index contributed by atoms with van der Waals surface area (Å²) >= 11 is 0. The molecule has 5 heteroatoms. The SMILES string of the molecule is O=C1CCOC(C(F)(F)F)C1. The molecule has 0 aliphatic carbocycles. The van der Waals surface area contributed by atoms with Gasteiger partial charge in [0.25, 0.3) is 0 Å². The molecule has 0 saturated carbocycles. The third kappa shape index (κ3) is 2.18. The smallest absolute Gasteiger partial charge is 0.368 e. The van der Waals surface area contributed by atoms with Crippen LogP contribution in [0.1, 0.15) is 12.8 Å². The summed E-state index contributed by atoms with van der Waals surface area (Å²) in [5.41, 5.74) is 0. The fourth-order valence-corrected chi connectivity index (χ4v) is 0.893. The van der Waals surface area contributed by atoms with Crippen molar-refractivity contribution in [3.05, 3.63) is 0 Å². The molecular formula is C6H7F3O2. The van der Waals surface area contributed by atoms with Gasteiger partial charge < -0.3 is 4.74 Å². The molecule has 1 atom stereocenters. The number of ketones is 1. The van der Waals surface area contributed by atoms with Gasteiger partial charge in [0.2, 0.25) is 0 Å². The molecule has 2 nitrogen and oxygen atoms in total. The van der Waals surface area contributed by atoms with Gasteiger partial charge in [-0.05, 0) is 0 Å². The van der Waals surface area contributed by atoms with Gasteiger partial charge in [-0.1, -0.05) is 0 Å². The lowest BCUT2D eigenvalue weighted by Crippen LogP contribution is -2.37. The highest BCUT2D eigenvalue weighted by Gasteiger charge is 2.43. The average Bonchev–Trinajstić information content (AvgIpc) is 1.86. The van der Waals surface area contributed by atoms with E-state index in [9.17, 15) is 18.0 Å². The Hall–Kier alpha value is -0.580. The molecule has 64 valence electrons. The van der Waals surface area contributed by atoms with Crippen molar-refractivity contribution in [2.24, 2.45) is 0 Å². The quantitative estimate of drug-likeness (QED) is 0.544. The van der Waals surface area contributed by atoms with E-state index in [1.54, 1.807) is 0 Å². The Labute approximate surface area is 61.3 Å². The molecule has 11 heavy (non-hydrogen) atoms. The van der Waals surface area contributed by atoms with Gasteiger partial charge in [-0.15, -0.1) is 0 Å².